The zero-order chi connectivity index (χ0) is 52.9. The van der Waals surface area contributed by atoms with Gasteiger partial charge in [-0.3, -0.25) is 4.90 Å². The fourth-order valence-corrected chi connectivity index (χ4v) is 11.3. The second-order valence-electron chi connectivity index (χ2n) is 20.4. The lowest BCUT2D eigenvalue weighted by molar-refractivity contribution is -0.256. The van der Waals surface area contributed by atoms with Crippen molar-refractivity contribution in [3.63, 3.8) is 0 Å². The summed E-state index contributed by atoms with van der Waals surface area (Å²) in [6, 6.07) is 14.3. The van der Waals surface area contributed by atoms with Gasteiger partial charge in [-0.25, -0.2) is 9.59 Å². The van der Waals surface area contributed by atoms with Gasteiger partial charge in [0.1, 0.15) is 24.1 Å². The van der Waals surface area contributed by atoms with E-state index in [0.717, 1.165) is 74.5 Å². The minimum atomic E-state index is -1.57. The van der Waals surface area contributed by atoms with E-state index >= 15 is 0 Å². The molecule has 16 heteroatoms. The predicted molar refractivity (Wildman–Crippen MR) is 288 cm³/mol. The van der Waals surface area contributed by atoms with E-state index in [2.05, 4.69) is 24.9 Å². The van der Waals surface area contributed by atoms with E-state index in [1.165, 1.54) is 44.9 Å². The van der Waals surface area contributed by atoms with Gasteiger partial charge in [-0.05, 0) is 86.1 Å². The Morgan fingerprint density at radius 2 is 1.61 bits per heavy atom. The average Bonchev–Trinajstić information content (AvgIpc) is 3.44. The molecule has 75 heavy (non-hydrogen) atoms. The molecule has 2 aromatic rings. The van der Waals surface area contributed by atoms with Crippen LogP contribution in [0.25, 0.3) is 0 Å². The van der Waals surface area contributed by atoms with Crippen LogP contribution in [0.2, 0.25) is 0 Å². The van der Waals surface area contributed by atoms with Gasteiger partial charge in [0.15, 0.2) is 0 Å². The van der Waals surface area contributed by atoms with Gasteiger partial charge in [-0.2, -0.15) is 0 Å². The van der Waals surface area contributed by atoms with Gasteiger partial charge >= 0.3 is 12.2 Å². The average molecular weight is 1050 g/mol. The van der Waals surface area contributed by atoms with Crippen LogP contribution in [-0.4, -0.2) is 129 Å². The van der Waals surface area contributed by atoms with Gasteiger partial charge in [0.25, 0.3) is 0 Å². The van der Waals surface area contributed by atoms with Crippen LogP contribution in [0, 0.1) is 17.8 Å². The summed E-state index contributed by atoms with van der Waals surface area (Å²) < 4.78 is 44.3. The number of ether oxygens (including phenoxy) is 7. The summed E-state index contributed by atoms with van der Waals surface area (Å²) in [5, 5.41) is 37.7. The van der Waals surface area contributed by atoms with Crippen molar-refractivity contribution >= 4 is 17.9 Å². The van der Waals surface area contributed by atoms with Crippen LogP contribution in [0.3, 0.4) is 0 Å². The summed E-state index contributed by atoms with van der Waals surface area (Å²) in [5.41, 5.74) is 3.27. The molecule has 4 aliphatic rings. The van der Waals surface area contributed by atoms with E-state index in [4.69, 9.17) is 43.2 Å². The summed E-state index contributed by atoms with van der Waals surface area (Å²) in [6.07, 6.45) is 21.1. The third-order valence-electron chi connectivity index (χ3n) is 15.0. The van der Waals surface area contributed by atoms with Gasteiger partial charge in [0.2, 0.25) is 12.1 Å². The molecule has 1 unspecified atom stereocenters. The second kappa shape index (κ2) is 33.6. The minimum Gasteiger partial charge on any atom is -0.459 e. The van der Waals surface area contributed by atoms with Crippen LogP contribution in [0.4, 0.5) is 9.59 Å². The minimum absolute atomic E-state index is 0.0139. The highest BCUT2D eigenvalue weighted by Crippen LogP contribution is 2.62. The number of allylic oxidation sites excluding steroid dienone is 1. The number of hydrogen-bond donors (Lipinski definition) is 4. The van der Waals surface area contributed by atoms with E-state index in [1.807, 2.05) is 42.5 Å². The van der Waals surface area contributed by atoms with Gasteiger partial charge in [0, 0.05) is 50.6 Å². The maximum absolute atomic E-state index is 14.8. The van der Waals surface area contributed by atoms with E-state index in [0.29, 0.717) is 56.2 Å². The van der Waals surface area contributed by atoms with Gasteiger partial charge in [-0.1, -0.05) is 125 Å². The molecule has 0 radical (unpaired) electrons. The molecule has 0 spiro atoms. The number of amides is 2. The SMILES string of the molecule is C=CCO[C@@]12Oc3ccc(OC(=O)NCCCCCCCCCCCC)cc3[C@H]3[C@H](CCCCO)[C@@H](CCCCO)C=C(C(=NOC4CCCCO4)C[C@@H]1N(CCOCCO)C(=O)OCCOCc1ccccc1)[C@H]32. The Balaban J connectivity index is 1.37. The lowest BCUT2D eigenvalue weighted by atomic mass is 9.55. The molecule has 1 saturated heterocycles. The first-order chi connectivity index (χ1) is 36.9. The predicted octanol–water partition coefficient (Wildman–Crippen LogP) is 10.5. The maximum atomic E-state index is 14.8. The molecule has 7 atom stereocenters. The van der Waals surface area contributed by atoms with Crippen molar-refractivity contribution in [3.05, 3.63) is 84.0 Å². The van der Waals surface area contributed by atoms with Gasteiger partial charge in [-0.15, -0.1) is 6.58 Å². The molecule has 2 aliphatic carbocycles. The fraction of sp³-hybridized carbons (Fsp3) is 0.678. The molecule has 16 nitrogen and oxygen atoms in total. The third-order valence-corrected chi connectivity index (χ3v) is 15.0. The van der Waals surface area contributed by atoms with E-state index < -0.39 is 36.2 Å². The summed E-state index contributed by atoms with van der Waals surface area (Å²) in [5.74, 6) is -1.75. The molecule has 4 N–H and O–H groups in total. The number of carbonyl (C=O) groups is 2. The molecule has 0 aromatic heterocycles. The van der Waals surface area contributed by atoms with E-state index in [-0.39, 0.29) is 83.6 Å². The lowest BCUT2D eigenvalue weighted by Gasteiger charge is -2.59. The Labute approximate surface area is 446 Å². The third kappa shape index (κ3) is 18.0. The Morgan fingerprint density at radius 1 is 0.853 bits per heavy atom. The first-order valence-corrected chi connectivity index (χ1v) is 28.4. The standard InChI is InChI=1S/C59H89N3O13/c1-3-5-6-7-8-9-10-11-12-19-30-60-57(66)73-47-28-29-52-50(42-47)55-48(26-17-21-33-64)46(25-16-20-32-63)41-49-51(61-75-54-27-18-22-36-70-54)43-53(59(74-52,56(49)55)72-35-4-2)62(31-37-68-38-34-65)58(67)71-40-39-69-44-45-23-14-13-15-24-45/h4,13-15,23-24,28-29,41-42,46,48,53-56,63-65H,2-3,5-12,16-22,25-27,30-40,43-44H2,1H3,(H,60,66)/t46-,48+,53-,54?,55+,56+,59+/m0/s1. The van der Waals surface area contributed by atoms with Crippen LogP contribution in [0.5, 0.6) is 11.5 Å². The van der Waals surface area contributed by atoms with Crippen LogP contribution in [-0.2, 0) is 35.1 Å². The largest absolute Gasteiger partial charge is 0.459 e. The van der Waals surface area contributed by atoms with Crippen LogP contribution < -0.4 is 14.8 Å². The number of aliphatic hydroxyl groups excluding tert-OH is 3. The van der Waals surface area contributed by atoms with E-state index in [1.54, 1.807) is 17.0 Å². The molecular weight excluding hydrogens is 959 g/mol. The summed E-state index contributed by atoms with van der Waals surface area (Å²) in [7, 11) is 0. The molecule has 6 rings (SSSR count). The number of nitrogens with one attached hydrogen (secondary N) is 1. The lowest BCUT2D eigenvalue weighted by Crippen LogP contribution is -2.70. The number of oxime groups is 1. The molecule has 0 bridgehead atoms. The van der Waals surface area contributed by atoms with Gasteiger partial charge < -0.3 is 58.6 Å². The van der Waals surface area contributed by atoms with Crippen LogP contribution in [0.15, 0.2) is 78.0 Å². The molecule has 1 saturated carbocycles. The highest BCUT2D eigenvalue weighted by molar-refractivity contribution is 6.03. The van der Waals surface area contributed by atoms with Crippen molar-refractivity contribution in [2.24, 2.45) is 22.9 Å². The van der Waals surface area contributed by atoms with Crippen molar-refractivity contribution in [3.8, 4) is 11.5 Å². The Morgan fingerprint density at radius 3 is 2.33 bits per heavy atom. The molecule has 2 heterocycles. The van der Waals surface area contributed by atoms with Crippen molar-refractivity contribution < 1.29 is 62.9 Å². The maximum Gasteiger partial charge on any atom is 0.412 e. The topological polar surface area (TPSA) is 196 Å². The monoisotopic (exact) mass is 1050 g/mol. The number of unbranched alkanes of at least 4 members (excludes halogenated alkanes) is 11. The molecule has 2 aromatic carbocycles. The Bertz CT molecular complexity index is 2030. The quantitative estimate of drug-likeness (QED) is 0.0286. The molecule has 2 amide bonds. The number of hydrogen-bond acceptors (Lipinski definition) is 14. The first-order valence-electron chi connectivity index (χ1n) is 28.4. The molecule has 2 aliphatic heterocycles. The number of nitrogens with zero attached hydrogens (tertiary/aromatic N) is 2. The molecular formula is C59H89N3O13. The fourth-order valence-electron chi connectivity index (χ4n) is 11.3. The number of rotatable bonds is 36. The number of fused-ring (bicyclic) bond motifs is 2. The highest BCUT2D eigenvalue weighted by Gasteiger charge is 2.65. The van der Waals surface area contributed by atoms with Gasteiger partial charge in [0.05, 0.1) is 57.9 Å². The summed E-state index contributed by atoms with van der Waals surface area (Å²) >= 11 is 0. The van der Waals surface area contributed by atoms with Crippen molar-refractivity contribution in [2.45, 2.75) is 166 Å². The second-order valence-corrected chi connectivity index (χ2v) is 20.4. The zero-order valence-electron chi connectivity index (χ0n) is 44.9. The number of carbonyl (C=O) groups excluding carboxylic acids is 2. The Hall–Kier alpha value is -4.55. The first kappa shape index (κ1) is 59.7. The Kier molecular flexibility index (Phi) is 26.7. The van der Waals surface area contributed by atoms with Crippen molar-refractivity contribution in [1.82, 2.24) is 10.2 Å². The zero-order valence-corrected chi connectivity index (χ0v) is 44.9. The highest BCUT2D eigenvalue weighted by atomic mass is 16.8. The smallest absolute Gasteiger partial charge is 0.412 e. The molecule has 418 valence electrons. The van der Waals surface area contributed by atoms with Crippen LogP contribution >= 0.6 is 0 Å². The summed E-state index contributed by atoms with van der Waals surface area (Å²) in [4.78, 5) is 36.2. The van der Waals surface area contributed by atoms with Crippen molar-refractivity contribution in [1.29, 1.82) is 0 Å². The normalized spacial score (nSPS) is 23.3. The number of benzene rings is 2. The number of aliphatic hydroxyl groups is 3. The molecule has 2 fully saturated rings. The van der Waals surface area contributed by atoms with E-state index in [9.17, 15) is 24.9 Å². The van der Waals surface area contributed by atoms with Crippen LogP contribution in [0.1, 0.15) is 152 Å². The van der Waals surface area contributed by atoms with Crippen molar-refractivity contribution in [2.75, 3.05) is 72.6 Å². The summed E-state index contributed by atoms with van der Waals surface area (Å²) in [6.45, 7) is 7.98.